The number of hydrogen-bond donors (Lipinski definition) is 0. The summed E-state index contributed by atoms with van der Waals surface area (Å²) in [5, 5.41) is 0. The standard InChI is InChI=1S/C20H29NO6/c1-7-16(18(23)26-14(2)17(22)27-20(3,4)5)21(6)19(24)25-13-15-11-9-8-10-12-15/h8-12,14,16H,7,13H2,1-6H3. The maximum Gasteiger partial charge on any atom is 0.410 e. The van der Waals surface area contributed by atoms with Gasteiger partial charge in [0.2, 0.25) is 0 Å². The van der Waals surface area contributed by atoms with E-state index in [4.69, 9.17) is 14.2 Å². The van der Waals surface area contributed by atoms with Gasteiger partial charge in [0, 0.05) is 7.05 Å². The average molecular weight is 379 g/mol. The van der Waals surface area contributed by atoms with Crippen molar-refractivity contribution >= 4 is 18.0 Å². The first-order valence-electron chi connectivity index (χ1n) is 8.92. The van der Waals surface area contributed by atoms with Gasteiger partial charge in [-0.25, -0.2) is 14.4 Å². The summed E-state index contributed by atoms with van der Waals surface area (Å²) in [4.78, 5) is 37.8. The van der Waals surface area contributed by atoms with Gasteiger partial charge >= 0.3 is 18.0 Å². The molecule has 0 heterocycles. The van der Waals surface area contributed by atoms with Gasteiger partial charge in [-0.15, -0.1) is 0 Å². The molecule has 1 aromatic rings. The fourth-order valence-corrected chi connectivity index (χ4v) is 2.23. The van der Waals surface area contributed by atoms with Gasteiger partial charge in [0.1, 0.15) is 18.2 Å². The molecule has 1 rings (SSSR count). The normalized spacial score (nSPS) is 13.3. The number of ether oxygens (including phenoxy) is 3. The highest BCUT2D eigenvalue weighted by Crippen LogP contribution is 2.13. The second-order valence-corrected chi connectivity index (χ2v) is 7.19. The Balaban J connectivity index is 2.62. The smallest absolute Gasteiger partial charge is 0.410 e. The number of benzene rings is 1. The van der Waals surface area contributed by atoms with E-state index >= 15 is 0 Å². The molecular weight excluding hydrogens is 350 g/mol. The van der Waals surface area contributed by atoms with Crippen LogP contribution >= 0.6 is 0 Å². The van der Waals surface area contributed by atoms with Crippen molar-refractivity contribution in [2.45, 2.75) is 65.4 Å². The first kappa shape index (κ1) is 22.5. The second-order valence-electron chi connectivity index (χ2n) is 7.19. The lowest BCUT2D eigenvalue weighted by atomic mass is 10.2. The predicted molar refractivity (Wildman–Crippen MR) is 99.9 cm³/mol. The van der Waals surface area contributed by atoms with Crippen molar-refractivity contribution in [2.75, 3.05) is 7.05 Å². The monoisotopic (exact) mass is 379 g/mol. The van der Waals surface area contributed by atoms with Gasteiger partial charge in [0.25, 0.3) is 0 Å². The first-order valence-corrected chi connectivity index (χ1v) is 8.92. The summed E-state index contributed by atoms with van der Waals surface area (Å²) in [6.07, 6.45) is -1.40. The zero-order valence-electron chi connectivity index (χ0n) is 16.9. The summed E-state index contributed by atoms with van der Waals surface area (Å²) in [6, 6.07) is 8.36. The maximum absolute atomic E-state index is 12.4. The third-order valence-corrected chi connectivity index (χ3v) is 3.65. The molecule has 0 bridgehead atoms. The van der Waals surface area contributed by atoms with E-state index in [2.05, 4.69) is 0 Å². The summed E-state index contributed by atoms with van der Waals surface area (Å²) in [6.45, 7) is 8.46. The second kappa shape index (κ2) is 9.94. The van der Waals surface area contributed by atoms with Crippen LogP contribution in [0.5, 0.6) is 0 Å². The van der Waals surface area contributed by atoms with E-state index in [1.165, 1.54) is 18.9 Å². The molecule has 0 fully saturated rings. The highest BCUT2D eigenvalue weighted by molar-refractivity contribution is 5.84. The van der Waals surface area contributed by atoms with E-state index in [1.807, 2.05) is 30.3 Å². The minimum absolute atomic E-state index is 0.101. The average Bonchev–Trinajstić information content (AvgIpc) is 2.59. The van der Waals surface area contributed by atoms with Crippen molar-refractivity contribution in [2.24, 2.45) is 0 Å². The van der Waals surface area contributed by atoms with Crippen LogP contribution in [0.25, 0.3) is 0 Å². The summed E-state index contributed by atoms with van der Waals surface area (Å²) in [7, 11) is 1.46. The molecule has 1 amide bonds. The molecule has 27 heavy (non-hydrogen) atoms. The van der Waals surface area contributed by atoms with Crippen LogP contribution in [-0.4, -0.2) is 47.7 Å². The number of amides is 1. The van der Waals surface area contributed by atoms with Crippen LogP contribution in [-0.2, 0) is 30.4 Å². The van der Waals surface area contributed by atoms with Gasteiger partial charge < -0.3 is 14.2 Å². The number of hydrogen-bond acceptors (Lipinski definition) is 6. The maximum atomic E-state index is 12.4. The van der Waals surface area contributed by atoms with E-state index in [9.17, 15) is 14.4 Å². The molecule has 0 aliphatic carbocycles. The Morgan fingerprint density at radius 1 is 1.07 bits per heavy atom. The molecule has 0 radical (unpaired) electrons. The van der Waals surface area contributed by atoms with E-state index in [0.717, 1.165) is 5.56 Å². The third kappa shape index (κ3) is 7.68. The van der Waals surface area contributed by atoms with Crippen LogP contribution in [0.2, 0.25) is 0 Å². The van der Waals surface area contributed by atoms with Gasteiger partial charge in [-0.2, -0.15) is 0 Å². The van der Waals surface area contributed by atoms with E-state index < -0.39 is 35.8 Å². The molecule has 7 nitrogen and oxygen atoms in total. The quantitative estimate of drug-likeness (QED) is 0.534. The number of nitrogens with zero attached hydrogens (tertiary/aromatic N) is 1. The van der Waals surface area contributed by atoms with Crippen molar-refractivity contribution in [1.82, 2.24) is 4.90 Å². The van der Waals surface area contributed by atoms with Crippen molar-refractivity contribution in [3.05, 3.63) is 35.9 Å². The topological polar surface area (TPSA) is 82.1 Å². The van der Waals surface area contributed by atoms with E-state index in [0.29, 0.717) is 6.42 Å². The zero-order valence-corrected chi connectivity index (χ0v) is 16.9. The van der Waals surface area contributed by atoms with Gasteiger partial charge in [-0.3, -0.25) is 4.90 Å². The number of carbonyl (C=O) groups excluding carboxylic acids is 3. The van der Waals surface area contributed by atoms with Gasteiger partial charge in [-0.05, 0) is 39.7 Å². The lowest BCUT2D eigenvalue weighted by Crippen LogP contribution is -2.45. The van der Waals surface area contributed by atoms with E-state index in [-0.39, 0.29) is 6.61 Å². The number of esters is 2. The van der Waals surface area contributed by atoms with Crippen LogP contribution in [0.3, 0.4) is 0 Å². The molecule has 0 spiro atoms. The summed E-state index contributed by atoms with van der Waals surface area (Å²) in [5.74, 6) is -1.32. The first-order chi connectivity index (χ1) is 12.5. The van der Waals surface area contributed by atoms with Gasteiger partial charge in [-0.1, -0.05) is 37.3 Å². The van der Waals surface area contributed by atoms with Crippen molar-refractivity contribution in [3.8, 4) is 0 Å². The van der Waals surface area contributed by atoms with Crippen LogP contribution in [0.4, 0.5) is 4.79 Å². The number of rotatable bonds is 7. The Hall–Kier alpha value is -2.57. The lowest BCUT2D eigenvalue weighted by molar-refractivity contribution is -0.176. The van der Waals surface area contributed by atoms with Gasteiger partial charge in [0.15, 0.2) is 6.10 Å². The molecule has 0 aliphatic heterocycles. The summed E-state index contributed by atoms with van der Waals surface area (Å²) < 4.78 is 15.6. The molecule has 0 aromatic heterocycles. The Morgan fingerprint density at radius 2 is 1.67 bits per heavy atom. The predicted octanol–water partition coefficient (Wildman–Crippen LogP) is 3.31. The van der Waals surface area contributed by atoms with Crippen molar-refractivity contribution in [1.29, 1.82) is 0 Å². The molecule has 7 heteroatoms. The summed E-state index contributed by atoms with van der Waals surface area (Å²) >= 11 is 0. The SMILES string of the molecule is CCC(C(=O)OC(C)C(=O)OC(C)(C)C)N(C)C(=O)OCc1ccccc1. The number of likely N-dealkylation sites (N-methyl/N-ethyl adjacent to an activating group) is 1. The molecular formula is C20H29NO6. The van der Waals surface area contributed by atoms with Crippen molar-refractivity contribution < 1.29 is 28.6 Å². The molecule has 0 saturated heterocycles. The summed E-state index contributed by atoms with van der Waals surface area (Å²) in [5.41, 5.74) is 0.161. The largest absolute Gasteiger partial charge is 0.457 e. The Labute approximate surface area is 160 Å². The zero-order chi connectivity index (χ0) is 20.6. The third-order valence-electron chi connectivity index (χ3n) is 3.65. The molecule has 2 atom stereocenters. The van der Waals surface area contributed by atoms with Crippen LogP contribution < -0.4 is 0 Å². The van der Waals surface area contributed by atoms with E-state index in [1.54, 1.807) is 27.7 Å². The molecule has 0 aliphatic rings. The number of carbonyl (C=O) groups is 3. The highest BCUT2D eigenvalue weighted by atomic mass is 16.6. The lowest BCUT2D eigenvalue weighted by Gasteiger charge is -2.27. The van der Waals surface area contributed by atoms with Crippen LogP contribution in [0.1, 0.15) is 46.6 Å². The Bertz CT molecular complexity index is 638. The molecule has 150 valence electrons. The van der Waals surface area contributed by atoms with Crippen LogP contribution in [0.15, 0.2) is 30.3 Å². The fourth-order valence-electron chi connectivity index (χ4n) is 2.23. The van der Waals surface area contributed by atoms with Crippen molar-refractivity contribution in [3.63, 3.8) is 0 Å². The molecule has 0 N–H and O–H groups in total. The van der Waals surface area contributed by atoms with Gasteiger partial charge in [0.05, 0.1) is 0 Å². The van der Waals surface area contributed by atoms with Crippen LogP contribution in [0, 0.1) is 0 Å². The fraction of sp³-hybridized carbons (Fsp3) is 0.550. The minimum Gasteiger partial charge on any atom is -0.457 e. The molecule has 0 saturated carbocycles. The molecule has 2 unspecified atom stereocenters. The Morgan fingerprint density at radius 3 is 2.19 bits per heavy atom. The highest BCUT2D eigenvalue weighted by Gasteiger charge is 2.31. The Kier molecular flexibility index (Phi) is 8.28. The minimum atomic E-state index is -1.07. The molecule has 1 aromatic carbocycles.